The van der Waals surface area contributed by atoms with Gasteiger partial charge in [0.15, 0.2) is 0 Å². The van der Waals surface area contributed by atoms with Crippen molar-refractivity contribution in [2.45, 2.75) is 25.3 Å². The molecule has 0 amide bonds. The molecule has 0 saturated carbocycles. The Bertz CT molecular complexity index is 753. The third-order valence-electron chi connectivity index (χ3n) is 3.68. The lowest BCUT2D eigenvalue weighted by molar-refractivity contribution is 0.588. The van der Waals surface area contributed by atoms with Gasteiger partial charge in [-0.25, -0.2) is 8.42 Å². The molecule has 1 aromatic carbocycles. The number of aromatic amines is 1. The van der Waals surface area contributed by atoms with E-state index in [2.05, 4.69) is 15.5 Å². The first-order valence-electron chi connectivity index (χ1n) is 6.85. The number of H-pyrrole nitrogens is 1. The van der Waals surface area contributed by atoms with Gasteiger partial charge in [0.2, 0.25) is 0 Å². The van der Waals surface area contributed by atoms with Crippen molar-refractivity contribution in [1.29, 1.82) is 0 Å². The molecule has 0 radical (unpaired) electrons. The molecule has 2 heterocycles. The van der Waals surface area contributed by atoms with Crippen molar-refractivity contribution in [2.75, 3.05) is 17.4 Å². The SMILES string of the molecule is Cc1n[nH]c(C)c1S(=O)(=O)N1CCNCc2ccccc21.Cl. The van der Waals surface area contributed by atoms with Gasteiger partial charge < -0.3 is 5.32 Å². The highest BCUT2D eigenvalue weighted by Crippen LogP contribution is 2.30. The van der Waals surface area contributed by atoms with Gasteiger partial charge in [0.05, 0.1) is 17.1 Å². The molecule has 0 bridgehead atoms. The highest BCUT2D eigenvalue weighted by atomic mass is 35.5. The number of nitrogens with one attached hydrogen (secondary N) is 2. The van der Waals surface area contributed by atoms with Gasteiger partial charge in [-0.05, 0) is 25.5 Å². The number of halogens is 1. The summed E-state index contributed by atoms with van der Waals surface area (Å²) in [6.45, 7) is 5.13. The second-order valence-corrected chi connectivity index (χ2v) is 6.94. The maximum Gasteiger partial charge on any atom is 0.268 e. The lowest BCUT2D eigenvalue weighted by Crippen LogP contribution is -2.35. The molecule has 0 spiro atoms. The lowest BCUT2D eigenvalue weighted by Gasteiger charge is -2.24. The monoisotopic (exact) mass is 342 g/mol. The smallest absolute Gasteiger partial charge is 0.268 e. The number of sulfonamides is 1. The molecule has 0 atom stereocenters. The standard InChI is InChI=1S/C14H18N4O2S.ClH/c1-10-14(11(2)17-16-10)21(19,20)18-8-7-15-9-12-5-3-4-6-13(12)18;/h3-6,15H,7-9H2,1-2H3,(H,16,17);1H. The van der Waals surface area contributed by atoms with Gasteiger partial charge in [-0.3, -0.25) is 9.40 Å². The molecule has 3 rings (SSSR count). The average molecular weight is 343 g/mol. The van der Waals surface area contributed by atoms with Crippen LogP contribution in [0.3, 0.4) is 0 Å². The fourth-order valence-electron chi connectivity index (χ4n) is 2.71. The van der Waals surface area contributed by atoms with Crippen LogP contribution >= 0.6 is 12.4 Å². The minimum Gasteiger partial charge on any atom is -0.311 e. The molecule has 1 aromatic heterocycles. The zero-order chi connectivity index (χ0) is 15.0. The van der Waals surface area contributed by atoms with Gasteiger partial charge in [0, 0.05) is 19.6 Å². The van der Waals surface area contributed by atoms with Crippen LogP contribution in [0.4, 0.5) is 5.69 Å². The molecule has 2 N–H and O–H groups in total. The number of rotatable bonds is 2. The van der Waals surface area contributed by atoms with E-state index in [1.165, 1.54) is 4.31 Å². The number of anilines is 1. The predicted octanol–water partition coefficient (Wildman–Crippen LogP) is 1.75. The molecule has 0 fully saturated rings. The fraction of sp³-hybridized carbons (Fsp3) is 0.357. The number of fused-ring (bicyclic) bond motifs is 1. The van der Waals surface area contributed by atoms with E-state index >= 15 is 0 Å². The van der Waals surface area contributed by atoms with Crippen LogP contribution in [0, 0.1) is 13.8 Å². The Kier molecular flexibility index (Phi) is 4.79. The molecule has 0 saturated heterocycles. The van der Waals surface area contributed by atoms with Crippen molar-refractivity contribution in [2.24, 2.45) is 0 Å². The quantitative estimate of drug-likeness (QED) is 0.871. The summed E-state index contributed by atoms with van der Waals surface area (Å²) >= 11 is 0. The van der Waals surface area contributed by atoms with Crippen LogP contribution < -0.4 is 9.62 Å². The highest BCUT2D eigenvalue weighted by molar-refractivity contribution is 7.93. The normalized spacial score (nSPS) is 14.9. The second-order valence-electron chi connectivity index (χ2n) is 5.15. The van der Waals surface area contributed by atoms with Gasteiger partial charge in [-0.15, -0.1) is 12.4 Å². The van der Waals surface area contributed by atoms with Crippen LogP contribution in [-0.2, 0) is 16.6 Å². The first-order chi connectivity index (χ1) is 10.0. The van der Waals surface area contributed by atoms with Crippen molar-refractivity contribution >= 4 is 28.1 Å². The molecule has 0 unspecified atom stereocenters. The molecule has 0 aliphatic carbocycles. The third-order valence-corrected chi connectivity index (χ3v) is 5.75. The van der Waals surface area contributed by atoms with E-state index in [1.54, 1.807) is 13.8 Å². The maximum atomic E-state index is 13.0. The summed E-state index contributed by atoms with van der Waals surface area (Å²) < 4.78 is 27.6. The van der Waals surface area contributed by atoms with Crippen LogP contribution in [-0.4, -0.2) is 31.7 Å². The molecular formula is C14H19ClN4O2S. The molecule has 1 aliphatic heterocycles. The van der Waals surface area contributed by atoms with Gasteiger partial charge in [-0.2, -0.15) is 5.10 Å². The number of nitrogens with zero attached hydrogens (tertiary/aromatic N) is 2. The first-order valence-corrected chi connectivity index (χ1v) is 8.29. The van der Waals surface area contributed by atoms with Crippen LogP contribution in [0.2, 0.25) is 0 Å². The summed E-state index contributed by atoms with van der Waals surface area (Å²) in [5.74, 6) is 0. The highest BCUT2D eigenvalue weighted by Gasteiger charge is 2.31. The molecule has 1 aliphatic rings. The number of aromatic nitrogens is 2. The maximum absolute atomic E-state index is 13.0. The van der Waals surface area contributed by atoms with Crippen molar-refractivity contribution in [3.63, 3.8) is 0 Å². The van der Waals surface area contributed by atoms with Gasteiger partial charge in [0.1, 0.15) is 4.90 Å². The predicted molar refractivity (Wildman–Crippen MR) is 88.0 cm³/mol. The summed E-state index contributed by atoms with van der Waals surface area (Å²) in [4.78, 5) is 0.277. The van der Waals surface area contributed by atoms with Gasteiger partial charge in [0.25, 0.3) is 10.0 Å². The average Bonchev–Trinajstić information content (AvgIpc) is 2.68. The van der Waals surface area contributed by atoms with Gasteiger partial charge in [-0.1, -0.05) is 18.2 Å². The number of benzene rings is 1. The van der Waals surface area contributed by atoms with Crippen molar-refractivity contribution in [3.05, 3.63) is 41.2 Å². The van der Waals surface area contributed by atoms with Gasteiger partial charge >= 0.3 is 0 Å². The Balaban J connectivity index is 0.00000176. The topological polar surface area (TPSA) is 78.1 Å². The Labute approximate surface area is 136 Å². The molecule has 8 heteroatoms. The van der Waals surface area contributed by atoms with E-state index in [0.717, 1.165) is 11.3 Å². The van der Waals surface area contributed by atoms with Crippen molar-refractivity contribution in [3.8, 4) is 0 Å². The van der Waals surface area contributed by atoms with E-state index in [1.807, 2.05) is 24.3 Å². The zero-order valence-electron chi connectivity index (χ0n) is 12.5. The van der Waals surface area contributed by atoms with Crippen molar-refractivity contribution < 1.29 is 8.42 Å². The van der Waals surface area contributed by atoms with Crippen LogP contribution in [0.25, 0.3) is 0 Å². The lowest BCUT2D eigenvalue weighted by atomic mass is 10.2. The summed E-state index contributed by atoms with van der Waals surface area (Å²) in [6.07, 6.45) is 0. The largest absolute Gasteiger partial charge is 0.311 e. The van der Waals surface area contributed by atoms with Crippen LogP contribution in [0.5, 0.6) is 0 Å². The molecular weight excluding hydrogens is 324 g/mol. The number of hydrogen-bond donors (Lipinski definition) is 2. The minimum absolute atomic E-state index is 0. The molecule has 22 heavy (non-hydrogen) atoms. The van der Waals surface area contributed by atoms with E-state index in [4.69, 9.17) is 0 Å². The minimum atomic E-state index is -3.62. The van der Waals surface area contributed by atoms with E-state index in [9.17, 15) is 8.42 Å². The summed E-state index contributed by atoms with van der Waals surface area (Å²) in [6, 6.07) is 7.59. The fourth-order valence-corrected chi connectivity index (χ4v) is 4.55. The zero-order valence-corrected chi connectivity index (χ0v) is 14.1. The number of hydrogen-bond acceptors (Lipinski definition) is 4. The number of aryl methyl sites for hydroxylation is 2. The van der Waals surface area contributed by atoms with Crippen molar-refractivity contribution in [1.82, 2.24) is 15.5 Å². The Hall–Kier alpha value is -1.57. The van der Waals surface area contributed by atoms with E-state index in [-0.39, 0.29) is 17.3 Å². The molecule has 120 valence electrons. The molecule has 6 nitrogen and oxygen atoms in total. The van der Waals surface area contributed by atoms with E-state index in [0.29, 0.717) is 31.0 Å². The Morgan fingerprint density at radius 3 is 2.64 bits per heavy atom. The summed E-state index contributed by atoms with van der Waals surface area (Å²) in [7, 11) is -3.62. The summed E-state index contributed by atoms with van der Waals surface area (Å²) in [5.41, 5.74) is 2.80. The number of para-hydroxylation sites is 1. The van der Waals surface area contributed by atoms with E-state index < -0.39 is 10.0 Å². The van der Waals surface area contributed by atoms with Crippen LogP contribution in [0.15, 0.2) is 29.2 Å². The summed E-state index contributed by atoms with van der Waals surface area (Å²) in [5, 5.41) is 10.0. The molecule has 2 aromatic rings. The Morgan fingerprint density at radius 1 is 1.23 bits per heavy atom. The Morgan fingerprint density at radius 2 is 1.95 bits per heavy atom. The van der Waals surface area contributed by atoms with Crippen LogP contribution in [0.1, 0.15) is 17.0 Å². The second kappa shape index (κ2) is 6.28. The first kappa shape index (κ1) is 16.8. The third kappa shape index (κ3) is 2.71.